The molecule has 1 aromatic heterocycles. The Balaban J connectivity index is 1.79. The van der Waals surface area contributed by atoms with E-state index in [-0.39, 0.29) is 0 Å². The van der Waals surface area contributed by atoms with Crippen LogP contribution in [-0.2, 0) is 0 Å². The molecular weight excluding hydrogens is 376 g/mol. The first-order valence-corrected chi connectivity index (χ1v) is 9.64. The van der Waals surface area contributed by atoms with Gasteiger partial charge in [-0.05, 0) is 35.9 Å². The number of ether oxygens (including phenoxy) is 3. The monoisotopic (exact) mass is 400 g/mol. The summed E-state index contributed by atoms with van der Waals surface area (Å²) in [6, 6.07) is 22.6. The number of methoxy groups -OCH3 is 3. The first kappa shape index (κ1) is 19.6. The summed E-state index contributed by atoms with van der Waals surface area (Å²) in [5, 5.41) is 1.19. The van der Waals surface area contributed by atoms with Crippen LogP contribution in [0, 0.1) is 0 Å². The summed E-state index contributed by atoms with van der Waals surface area (Å²) in [6.07, 6.45) is 0. The highest BCUT2D eigenvalue weighted by molar-refractivity contribution is 6.14. The predicted molar refractivity (Wildman–Crippen MR) is 121 cm³/mol. The minimum atomic E-state index is 0.561. The number of rotatable bonds is 6. The number of aromatic nitrogens is 1. The van der Waals surface area contributed by atoms with Crippen LogP contribution in [0.1, 0.15) is 11.1 Å². The number of nitrogens with one attached hydrogen (secondary N) is 1. The average Bonchev–Trinajstić information content (AvgIpc) is 3.23. The summed E-state index contributed by atoms with van der Waals surface area (Å²) in [4.78, 5) is 8.06. The second kappa shape index (κ2) is 8.33. The minimum Gasteiger partial charge on any atom is -0.493 e. The van der Waals surface area contributed by atoms with Crippen LogP contribution in [0.25, 0.3) is 22.2 Å². The molecule has 0 unspecified atom stereocenters. The van der Waals surface area contributed by atoms with Gasteiger partial charge in [-0.3, -0.25) is 4.99 Å². The van der Waals surface area contributed by atoms with Crippen LogP contribution in [0.4, 0.5) is 0 Å². The fraction of sp³-hybridized carbons (Fsp3) is 0.160. The van der Waals surface area contributed by atoms with Gasteiger partial charge >= 0.3 is 0 Å². The van der Waals surface area contributed by atoms with Crippen molar-refractivity contribution in [3.63, 3.8) is 0 Å². The zero-order valence-corrected chi connectivity index (χ0v) is 17.5. The number of fused-ring (bicyclic) bond motifs is 1. The third-order valence-corrected chi connectivity index (χ3v) is 5.14. The lowest BCUT2D eigenvalue weighted by atomic mass is 9.98. The van der Waals surface area contributed by atoms with Crippen molar-refractivity contribution in [1.82, 2.24) is 4.98 Å². The zero-order valence-electron chi connectivity index (χ0n) is 17.5. The van der Waals surface area contributed by atoms with Crippen molar-refractivity contribution < 1.29 is 14.2 Å². The largest absolute Gasteiger partial charge is 0.493 e. The molecule has 0 aliphatic rings. The number of hydrogen-bond donors (Lipinski definition) is 1. The second-order valence-electron chi connectivity index (χ2n) is 6.84. The molecule has 0 aliphatic carbocycles. The van der Waals surface area contributed by atoms with E-state index in [2.05, 4.69) is 46.4 Å². The summed E-state index contributed by atoms with van der Waals surface area (Å²) in [5.41, 5.74) is 6.01. The van der Waals surface area contributed by atoms with Gasteiger partial charge in [-0.25, -0.2) is 0 Å². The summed E-state index contributed by atoms with van der Waals surface area (Å²) < 4.78 is 16.5. The van der Waals surface area contributed by atoms with Gasteiger partial charge in [0.2, 0.25) is 5.75 Å². The lowest BCUT2D eigenvalue weighted by molar-refractivity contribution is 0.324. The maximum absolute atomic E-state index is 5.51. The lowest BCUT2D eigenvalue weighted by Gasteiger charge is -2.15. The molecule has 152 valence electrons. The Hall–Kier alpha value is -3.73. The Morgan fingerprint density at radius 2 is 1.50 bits per heavy atom. The molecule has 3 aromatic carbocycles. The Morgan fingerprint density at radius 1 is 0.767 bits per heavy atom. The number of benzene rings is 3. The molecule has 5 nitrogen and oxygen atoms in total. The molecule has 1 heterocycles. The van der Waals surface area contributed by atoms with Gasteiger partial charge in [-0.15, -0.1) is 0 Å². The molecule has 0 saturated heterocycles. The summed E-state index contributed by atoms with van der Waals surface area (Å²) in [7, 11) is 6.60. The molecule has 0 saturated carbocycles. The molecule has 0 fully saturated rings. The molecular formula is C25H24N2O3. The van der Waals surface area contributed by atoms with Crippen LogP contribution < -0.4 is 14.2 Å². The first-order chi connectivity index (χ1) is 14.7. The number of nitrogens with zero attached hydrogens (tertiary/aromatic N) is 1. The molecule has 4 rings (SSSR count). The van der Waals surface area contributed by atoms with Crippen LogP contribution in [0.3, 0.4) is 0 Å². The van der Waals surface area contributed by atoms with E-state index in [1.165, 1.54) is 5.39 Å². The smallest absolute Gasteiger partial charge is 0.203 e. The van der Waals surface area contributed by atoms with Crippen LogP contribution in [0.15, 0.2) is 71.7 Å². The van der Waals surface area contributed by atoms with Gasteiger partial charge in [-0.2, -0.15) is 0 Å². The van der Waals surface area contributed by atoms with E-state index in [9.17, 15) is 0 Å². The normalized spacial score (nSPS) is 11.5. The summed E-state index contributed by atoms with van der Waals surface area (Å²) >= 11 is 0. The van der Waals surface area contributed by atoms with E-state index in [0.29, 0.717) is 17.2 Å². The minimum absolute atomic E-state index is 0.561. The van der Waals surface area contributed by atoms with E-state index in [1.54, 1.807) is 28.4 Å². The maximum atomic E-state index is 5.51. The molecule has 0 spiro atoms. The number of H-pyrrole nitrogens is 1. The van der Waals surface area contributed by atoms with Crippen LogP contribution in [-0.4, -0.2) is 39.1 Å². The van der Waals surface area contributed by atoms with Gasteiger partial charge in [0.05, 0.1) is 27.0 Å². The Morgan fingerprint density at radius 3 is 2.13 bits per heavy atom. The Bertz CT molecular complexity index is 1170. The van der Waals surface area contributed by atoms with Crippen LogP contribution >= 0.6 is 0 Å². The highest BCUT2D eigenvalue weighted by atomic mass is 16.5. The quantitative estimate of drug-likeness (QED) is 0.445. The van der Waals surface area contributed by atoms with Gasteiger partial charge < -0.3 is 19.2 Å². The fourth-order valence-corrected chi connectivity index (χ4v) is 3.71. The molecule has 5 heteroatoms. The van der Waals surface area contributed by atoms with E-state index in [1.807, 2.05) is 30.3 Å². The zero-order chi connectivity index (χ0) is 21.1. The average molecular weight is 400 g/mol. The van der Waals surface area contributed by atoms with E-state index < -0.39 is 0 Å². The topological polar surface area (TPSA) is 55.8 Å². The standard InChI is InChI=1S/C25H24N2O3/c1-26-24(19-14-22(28-2)25(30-4)23(15-19)29-3)18-10-7-9-16(12-18)21-13-17-8-5-6-11-20(17)27-21/h5-15,27H,1-4H3/b26-24-. The van der Waals surface area contributed by atoms with Crippen molar-refractivity contribution in [2.45, 2.75) is 0 Å². The predicted octanol–water partition coefficient (Wildman–Crippen LogP) is 5.33. The van der Waals surface area contributed by atoms with Crippen molar-refractivity contribution in [1.29, 1.82) is 0 Å². The fourth-order valence-electron chi connectivity index (χ4n) is 3.71. The van der Waals surface area contributed by atoms with E-state index in [4.69, 9.17) is 14.2 Å². The molecule has 0 amide bonds. The van der Waals surface area contributed by atoms with Crippen molar-refractivity contribution in [2.75, 3.05) is 28.4 Å². The van der Waals surface area contributed by atoms with Gasteiger partial charge in [0.1, 0.15) is 0 Å². The highest BCUT2D eigenvalue weighted by Crippen LogP contribution is 2.39. The third-order valence-electron chi connectivity index (χ3n) is 5.14. The lowest BCUT2D eigenvalue weighted by Crippen LogP contribution is -2.06. The Labute approximate surface area is 175 Å². The number of para-hydroxylation sites is 1. The third kappa shape index (κ3) is 3.50. The molecule has 30 heavy (non-hydrogen) atoms. The molecule has 1 N–H and O–H groups in total. The van der Waals surface area contributed by atoms with Crippen molar-refractivity contribution >= 4 is 16.6 Å². The van der Waals surface area contributed by atoms with Crippen molar-refractivity contribution in [3.05, 3.63) is 77.9 Å². The van der Waals surface area contributed by atoms with Crippen LogP contribution in [0.2, 0.25) is 0 Å². The van der Waals surface area contributed by atoms with E-state index >= 15 is 0 Å². The first-order valence-electron chi connectivity index (χ1n) is 9.64. The molecule has 0 atom stereocenters. The van der Waals surface area contributed by atoms with Crippen molar-refractivity contribution in [2.24, 2.45) is 4.99 Å². The van der Waals surface area contributed by atoms with Gasteiger partial charge in [0.15, 0.2) is 11.5 Å². The SMILES string of the molecule is C/N=C(/c1cccc(-c2cc3ccccc3[nH]2)c1)c1cc(OC)c(OC)c(OC)c1. The van der Waals surface area contributed by atoms with Crippen LogP contribution in [0.5, 0.6) is 17.2 Å². The number of hydrogen-bond acceptors (Lipinski definition) is 4. The molecule has 0 radical (unpaired) electrons. The van der Waals surface area contributed by atoms with Gasteiger partial charge in [0.25, 0.3) is 0 Å². The Kier molecular flexibility index (Phi) is 5.44. The molecule has 0 bridgehead atoms. The van der Waals surface area contributed by atoms with Crippen molar-refractivity contribution in [3.8, 4) is 28.5 Å². The molecule has 4 aromatic rings. The summed E-state index contributed by atoms with van der Waals surface area (Å²) in [6.45, 7) is 0. The van der Waals surface area contributed by atoms with Gasteiger partial charge in [-0.1, -0.05) is 36.4 Å². The number of aromatic amines is 1. The number of aliphatic imine (C=N–C) groups is 1. The second-order valence-corrected chi connectivity index (χ2v) is 6.84. The summed E-state index contributed by atoms with van der Waals surface area (Å²) in [5.74, 6) is 1.76. The maximum Gasteiger partial charge on any atom is 0.203 e. The highest BCUT2D eigenvalue weighted by Gasteiger charge is 2.17. The molecule has 0 aliphatic heterocycles. The van der Waals surface area contributed by atoms with E-state index in [0.717, 1.165) is 33.6 Å². The van der Waals surface area contributed by atoms with Gasteiger partial charge in [0, 0.05) is 34.8 Å².